The number of rotatable bonds is 7. The summed E-state index contributed by atoms with van der Waals surface area (Å²) in [6, 6.07) is 17.5. The van der Waals surface area contributed by atoms with Crippen LogP contribution < -0.4 is 15.1 Å². The Kier molecular flexibility index (Phi) is 6.15. The van der Waals surface area contributed by atoms with E-state index >= 15 is 0 Å². The number of nitrogens with zero attached hydrogens (tertiary/aromatic N) is 2. The number of nitrogens with one attached hydrogen (secondary N) is 1. The van der Waals surface area contributed by atoms with Crippen LogP contribution in [0.5, 0.6) is 0 Å². The minimum atomic E-state index is -0.337. The van der Waals surface area contributed by atoms with Gasteiger partial charge in [-0.2, -0.15) is 0 Å². The third-order valence-corrected chi connectivity index (χ3v) is 6.47. The fraction of sp³-hybridized carbons (Fsp3) is 0.231. The largest absolute Gasteiger partial charge is 0.372 e. The number of carbonyl (C=O) groups excluding carboxylic acids is 2. The van der Waals surface area contributed by atoms with Gasteiger partial charge in [-0.25, -0.2) is 4.90 Å². The van der Waals surface area contributed by atoms with Gasteiger partial charge in [-0.3, -0.25) is 9.59 Å². The van der Waals surface area contributed by atoms with Crippen LogP contribution in [0.2, 0.25) is 0 Å². The van der Waals surface area contributed by atoms with Gasteiger partial charge in [0.1, 0.15) is 5.70 Å². The molecule has 0 saturated carbocycles. The molecule has 0 aliphatic carbocycles. The molecule has 1 aromatic heterocycles. The molecule has 164 valence electrons. The molecule has 0 fully saturated rings. The smallest absolute Gasteiger partial charge is 0.282 e. The van der Waals surface area contributed by atoms with Crippen LogP contribution >= 0.6 is 11.3 Å². The molecule has 4 rings (SSSR count). The number of aryl methyl sites for hydroxylation is 2. The zero-order chi connectivity index (χ0) is 22.8. The van der Waals surface area contributed by atoms with Crippen molar-refractivity contribution in [1.29, 1.82) is 0 Å². The molecule has 2 heterocycles. The average molecular weight is 446 g/mol. The lowest BCUT2D eigenvalue weighted by molar-refractivity contribution is -0.120. The molecule has 0 atom stereocenters. The summed E-state index contributed by atoms with van der Waals surface area (Å²) >= 11 is 1.45. The molecule has 1 aliphatic rings. The molecule has 5 nitrogen and oxygen atoms in total. The first-order valence-corrected chi connectivity index (χ1v) is 11.7. The molecule has 6 heteroatoms. The molecule has 1 N–H and O–H groups in total. The van der Waals surface area contributed by atoms with E-state index in [4.69, 9.17) is 0 Å². The lowest BCUT2D eigenvalue weighted by atomic mass is 10.1. The van der Waals surface area contributed by atoms with E-state index in [0.717, 1.165) is 40.5 Å². The molecule has 1 aliphatic heterocycles. The van der Waals surface area contributed by atoms with Crippen molar-refractivity contribution in [3.05, 3.63) is 81.7 Å². The molecule has 32 heavy (non-hydrogen) atoms. The third-order valence-electron chi connectivity index (χ3n) is 5.58. The highest BCUT2D eigenvalue weighted by Gasteiger charge is 2.40. The van der Waals surface area contributed by atoms with E-state index in [2.05, 4.69) is 24.1 Å². The van der Waals surface area contributed by atoms with Crippen molar-refractivity contribution in [1.82, 2.24) is 0 Å². The standard InChI is InChI=1S/C26H27N3O2S/c1-5-28(6-2)20-11-9-19(10-12-20)27-24-23(22-8-7-13-32-22)25(30)29(26(24)31)21-15-17(3)14-18(4)16-21/h7-16,27H,5-6H2,1-4H3. The fourth-order valence-corrected chi connectivity index (χ4v) is 4.87. The van der Waals surface area contributed by atoms with Gasteiger partial charge in [-0.15, -0.1) is 11.3 Å². The van der Waals surface area contributed by atoms with E-state index in [-0.39, 0.29) is 11.8 Å². The molecule has 0 spiro atoms. The Balaban J connectivity index is 1.72. The van der Waals surface area contributed by atoms with Crippen LogP contribution in [-0.4, -0.2) is 24.9 Å². The highest BCUT2D eigenvalue weighted by atomic mass is 32.1. The number of hydrogen-bond acceptors (Lipinski definition) is 5. The summed E-state index contributed by atoms with van der Waals surface area (Å²) in [4.78, 5) is 31.3. The number of amides is 2. The molecule has 0 radical (unpaired) electrons. The maximum absolute atomic E-state index is 13.5. The summed E-state index contributed by atoms with van der Waals surface area (Å²) in [5, 5.41) is 5.16. The van der Waals surface area contributed by atoms with Crippen LogP contribution in [0.4, 0.5) is 17.1 Å². The van der Waals surface area contributed by atoms with Gasteiger partial charge >= 0.3 is 0 Å². The number of carbonyl (C=O) groups is 2. The van der Waals surface area contributed by atoms with E-state index in [0.29, 0.717) is 17.0 Å². The maximum Gasteiger partial charge on any atom is 0.282 e. The molecule has 0 saturated heterocycles. The van der Waals surface area contributed by atoms with Gasteiger partial charge in [0, 0.05) is 29.3 Å². The van der Waals surface area contributed by atoms with E-state index in [1.165, 1.54) is 16.2 Å². The predicted octanol–water partition coefficient (Wildman–Crippen LogP) is 5.61. The highest BCUT2D eigenvalue weighted by molar-refractivity contribution is 7.11. The topological polar surface area (TPSA) is 52.7 Å². The van der Waals surface area contributed by atoms with E-state index in [9.17, 15) is 9.59 Å². The zero-order valence-corrected chi connectivity index (χ0v) is 19.6. The Morgan fingerprint density at radius 1 is 0.906 bits per heavy atom. The molecular weight excluding hydrogens is 418 g/mol. The quantitative estimate of drug-likeness (QED) is 0.481. The van der Waals surface area contributed by atoms with Crippen molar-refractivity contribution >= 4 is 45.8 Å². The highest BCUT2D eigenvalue weighted by Crippen LogP contribution is 2.36. The molecule has 3 aromatic rings. The number of thiophene rings is 1. The lowest BCUT2D eigenvalue weighted by Gasteiger charge is -2.21. The molecular formula is C26H27N3O2S. The number of benzene rings is 2. The van der Waals surface area contributed by atoms with Crippen LogP contribution in [0.1, 0.15) is 29.9 Å². The monoisotopic (exact) mass is 445 g/mol. The second kappa shape index (κ2) is 9.01. The van der Waals surface area contributed by atoms with Gasteiger partial charge in [-0.05, 0) is 86.7 Å². The van der Waals surface area contributed by atoms with Crippen LogP contribution in [0, 0.1) is 13.8 Å². The predicted molar refractivity (Wildman–Crippen MR) is 133 cm³/mol. The summed E-state index contributed by atoms with van der Waals surface area (Å²) in [7, 11) is 0. The fourth-order valence-electron chi connectivity index (χ4n) is 4.10. The third kappa shape index (κ3) is 4.06. The Morgan fingerprint density at radius 3 is 2.12 bits per heavy atom. The minimum absolute atomic E-state index is 0.301. The summed E-state index contributed by atoms with van der Waals surface area (Å²) in [5.41, 5.74) is 5.23. The van der Waals surface area contributed by atoms with Crippen molar-refractivity contribution in [2.24, 2.45) is 0 Å². The molecule has 0 unspecified atom stereocenters. The first-order chi connectivity index (χ1) is 15.4. The number of imide groups is 1. The van der Waals surface area contributed by atoms with Crippen molar-refractivity contribution in [3.8, 4) is 0 Å². The summed E-state index contributed by atoms with van der Waals surface area (Å²) in [6.07, 6.45) is 0. The van der Waals surface area contributed by atoms with Crippen molar-refractivity contribution in [2.75, 3.05) is 28.2 Å². The second-order valence-corrected chi connectivity index (χ2v) is 8.81. The average Bonchev–Trinajstić information content (AvgIpc) is 3.36. The first kappa shape index (κ1) is 21.8. The van der Waals surface area contributed by atoms with Crippen LogP contribution in [0.3, 0.4) is 0 Å². The normalized spacial score (nSPS) is 13.8. The van der Waals surface area contributed by atoms with Crippen molar-refractivity contribution in [2.45, 2.75) is 27.7 Å². The van der Waals surface area contributed by atoms with Gasteiger partial charge in [0.25, 0.3) is 11.8 Å². The SMILES string of the molecule is CCN(CC)c1ccc(NC2=C(c3cccs3)C(=O)N(c3cc(C)cc(C)c3)C2=O)cc1. The van der Waals surface area contributed by atoms with Crippen molar-refractivity contribution in [3.63, 3.8) is 0 Å². The Hall–Kier alpha value is -3.38. The van der Waals surface area contributed by atoms with Gasteiger partial charge in [-0.1, -0.05) is 12.1 Å². The van der Waals surface area contributed by atoms with E-state index in [1.807, 2.05) is 73.8 Å². The Morgan fingerprint density at radius 2 is 1.56 bits per heavy atom. The molecule has 0 bridgehead atoms. The summed E-state index contributed by atoms with van der Waals surface area (Å²) < 4.78 is 0. The lowest BCUT2D eigenvalue weighted by Crippen LogP contribution is -2.32. The van der Waals surface area contributed by atoms with Gasteiger partial charge in [0.05, 0.1) is 11.3 Å². The zero-order valence-electron chi connectivity index (χ0n) is 18.8. The van der Waals surface area contributed by atoms with Crippen molar-refractivity contribution < 1.29 is 9.59 Å². The van der Waals surface area contributed by atoms with E-state index in [1.54, 1.807) is 0 Å². The molecule has 2 amide bonds. The number of anilines is 3. The first-order valence-electron chi connectivity index (χ1n) is 10.8. The Bertz CT molecular complexity index is 1160. The Labute approximate surface area is 193 Å². The van der Waals surface area contributed by atoms with Gasteiger partial charge in [0.15, 0.2) is 0 Å². The van der Waals surface area contributed by atoms with Crippen LogP contribution in [0.15, 0.2) is 65.7 Å². The summed E-state index contributed by atoms with van der Waals surface area (Å²) in [5.74, 6) is -0.638. The van der Waals surface area contributed by atoms with Crippen LogP contribution in [-0.2, 0) is 9.59 Å². The molecule has 2 aromatic carbocycles. The minimum Gasteiger partial charge on any atom is -0.372 e. The van der Waals surface area contributed by atoms with Crippen LogP contribution in [0.25, 0.3) is 5.57 Å². The second-order valence-electron chi connectivity index (χ2n) is 7.86. The summed E-state index contributed by atoms with van der Waals surface area (Å²) in [6.45, 7) is 10.0. The maximum atomic E-state index is 13.5. The van der Waals surface area contributed by atoms with Gasteiger partial charge in [0.2, 0.25) is 0 Å². The van der Waals surface area contributed by atoms with Gasteiger partial charge < -0.3 is 10.2 Å². The number of hydrogen-bond donors (Lipinski definition) is 1. The van der Waals surface area contributed by atoms with E-state index < -0.39 is 0 Å².